The highest BCUT2D eigenvalue weighted by Gasteiger charge is 2.24. The fourth-order valence-electron chi connectivity index (χ4n) is 3.95. The van der Waals surface area contributed by atoms with Crippen molar-refractivity contribution in [3.05, 3.63) is 58.9 Å². The number of carbonyl (C=O) groups is 1. The second kappa shape index (κ2) is 8.73. The topological polar surface area (TPSA) is 96.5 Å². The first-order valence-electron chi connectivity index (χ1n) is 10.4. The van der Waals surface area contributed by atoms with Crippen molar-refractivity contribution in [2.75, 3.05) is 11.1 Å². The van der Waals surface area contributed by atoms with Crippen LogP contribution in [0.5, 0.6) is 0 Å². The smallest absolute Gasteiger partial charge is 0.235 e. The molecule has 0 fully saturated rings. The van der Waals surface area contributed by atoms with E-state index in [-0.39, 0.29) is 11.7 Å². The number of rotatable bonds is 5. The highest BCUT2D eigenvalue weighted by molar-refractivity contribution is 8.00. The Labute approximate surface area is 193 Å². The van der Waals surface area contributed by atoms with Crippen molar-refractivity contribution in [2.45, 2.75) is 31.2 Å². The molecule has 160 valence electrons. The largest absolute Gasteiger partial charge is 0.316 e. The van der Waals surface area contributed by atoms with Crippen molar-refractivity contribution >= 4 is 45.0 Å². The summed E-state index contributed by atoms with van der Waals surface area (Å²) in [4.78, 5) is 22.7. The number of benzene rings is 1. The summed E-state index contributed by atoms with van der Waals surface area (Å²) in [5.74, 6) is 0.649. The van der Waals surface area contributed by atoms with Gasteiger partial charge in [0, 0.05) is 4.88 Å². The number of thioether (sulfide) groups is 1. The van der Waals surface area contributed by atoms with E-state index < -0.39 is 0 Å². The van der Waals surface area contributed by atoms with E-state index in [1.54, 1.807) is 22.2 Å². The van der Waals surface area contributed by atoms with Gasteiger partial charge in [-0.1, -0.05) is 36.9 Å². The Hall–Kier alpha value is -3.22. The van der Waals surface area contributed by atoms with Gasteiger partial charge >= 0.3 is 0 Å². The van der Waals surface area contributed by atoms with Gasteiger partial charge in [-0.2, -0.15) is 10.4 Å². The van der Waals surface area contributed by atoms with Gasteiger partial charge in [0.2, 0.25) is 5.91 Å². The molecule has 0 unspecified atom stereocenters. The Morgan fingerprint density at radius 1 is 1.34 bits per heavy atom. The Bertz CT molecular complexity index is 1340. The lowest BCUT2D eigenvalue weighted by Gasteiger charge is -2.17. The van der Waals surface area contributed by atoms with Gasteiger partial charge in [0.15, 0.2) is 5.65 Å². The SMILES string of the molecule is C[C@H]1CCc2c(sc(NC(=O)CSc3ncnc4c3cnn4-c3ccccc3)c2C#N)C1. The van der Waals surface area contributed by atoms with Crippen molar-refractivity contribution in [3.63, 3.8) is 0 Å². The average molecular weight is 461 g/mol. The normalized spacial score (nSPS) is 15.3. The summed E-state index contributed by atoms with van der Waals surface area (Å²) in [6.07, 6.45) is 6.19. The van der Waals surface area contributed by atoms with Gasteiger partial charge in [-0.25, -0.2) is 14.6 Å². The van der Waals surface area contributed by atoms with Crippen molar-refractivity contribution in [1.29, 1.82) is 5.26 Å². The van der Waals surface area contributed by atoms with E-state index in [0.717, 1.165) is 35.9 Å². The second-order valence-electron chi connectivity index (χ2n) is 7.81. The monoisotopic (exact) mass is 460 g/mol. The standard InChI is InChI=1S/C23H20N6OS2/c1-14-7-8-16-17(10-24)23(32-19(16)9-14)28-20(30)12-31-22-18-11-27-29(21(18)25-13-26-22)15-5-3-2-4-6-15/h2-6,11,13-14H,7-9,12H2,1H3,(H,28,30)/t14-/m0/s1. The van der Waals surface area contributed by atoms with Gasteiger partial charge in [-0.3, -0.25) is 4.79 Å². The van der Waals surface area contributed by atoms with E-state index in [1.807, 2.05) is 30.3 Å². The van der Waals surface area contributed by atoms with Gasteiger partial charge in [0.05, 0.1) is 28.6 Å². The first-order chi connectivity index (χ1) is 15.6. The number of hydrogen-bond donors (Lipinski definition) is 1. The number of carbonyl (C=O) groups excluding carboxylic acids is 1. The molecule has 0 saturated carbocycles. The molecule has 0 radical (unpaired) electrons. The minimum Gasteiger partial charge on any atom is -0.316 e. The lowest BCUT2D eigenvalue weighted by atomic mass is 9.89. The number of nitrogens with zero attached hydrogens (tertiary/aromatic N) is 5. The van der Waals surface area contributed by atoms with Crippen LogP contribution in [-0.2, 0) is 17.6 Å². The van der Waals surface area contributed by atoms with Crippen LogP contribution < -0.4 is 5.32 Å². The number of aromatic nitrogens is 4. The van der Waals surface area contributed by atoms with Crippen LogP contribution in [0.4, 0.5) is 5.00 Å². The van der Waals surface area contributed by atoms with E-state index in [0.29, 0.717) is 27.2 Å². The predicted octanol–water partition coefficient (Wildman–Crippen LogP) is 4.60. The third kappa shape index (κ3) is 3.87. The number of hydrogen-bond acceptors (Lipinski definition) is 7. The van der Waals surface area contributed by atoms with E-state index in [1.165, 1.54) is 23.0 Å². The summed E-state index contributed by atoms with van der Waals surface area (Å²) in [6, 6.07) is 12.1. The maximum Gasteiger partial charge on any atom is 0.235 e. The molecule has 5 rings (SSSR count). The molecule has 9 heteroatoms. The second-order valence-corrected chi connectivity index (χ2v) is 9.88. The molecule has 1 aliphatic rings. The minimum atomic E-state index is -0.152. The maximum absolute atomic E-state index is 12.7. The fourth-order valence-corrected chi connectivity index (χ4v) is 6.09. The van der Waals surface area contributed by atoms with Crippen LogP contribution in [-0.4, -0.2) is 31.4 Å². The summed E-state index contributed by atoms with van der Waals surface area (Å²) in [5, 5.41) is 19.2. The quantitative estimate of drug-likeness (QED) is 0.345. The Morgan fingerprint density at radius 2 is 2.19 bits per heavy atom. The molecule has 7 nitrogen and oxygen atoms in total. The summed E-state index contributed by atoms with van der Waals surface area (Å²) in [6.45, 7) is 2.23. The summed E-state index contributed by atoms with van der Waals surface area (Å²) >= 11 is 2.88. The lowest BCUT2D eigenvalue weighted by Crippen LogP contribution is -2.14. The lowest BCUT2D eigenvalue weighted by molar-refractivity contribution is -0.113. The van der Waals surface area contributed by atoms with Crippen molar-refractivity contribution in [3.8, 4) is 11.8 Å². The van der Waals surface area contributed by atoms with Crippen LogP contribution in [0, 0.1) is 17.2 Å². The zero-order valence-electron chi connectivity index (χ0n) is 17.4. The first-order valence-corrected chi connectivity index (χ1v) is 12.2. The van der Waals surface area contributed by atoms with Gasteiger partial charge in [0.1, 0.15) is 22.4 Å². The molecule has 0 bridgehead atoms. The summed E-state index contributed by atoms with van der Waals surface area (Å²) < 4.78 is 1.76. The zero-order valence-corrected chi connectivity index (χ0v) is 19.0. The van der Waals surface area contributed by atoms with Crippen molar-refractivity contribution < 1.29 is 4.79 Å². The molecule has 1 N–H and O–H groups in total. The van der Waals surface area contributed by atoms with Gasteiger partial charge in [0.25, 0.3) is 0 Å². The third-order valence-corrected chi connectivity index (χ3v) is 7.72. The number of para-hydroxylation sites is 1. The van der Waals surface area contributed by atoms with Crippen LogP contribution in [0.3, 0.4) is 0 Å². The number of nitrogens with one attached hydrogen (secondary N) is 1. The van der Waals surface area contributed by atoms with Crippen LogP contribution in [0.15, 0.2) is 47.9 Å². The van der Waals surface area contributed by atoms with Gasteiger partial charge in [-0.15, -0.1) is 11.3 Å². The molecular formula is C23H20N6OS2. The molecule has 0 spiro atoms. The summed E-state index contributed by atoms with van der Waals surface area (Å²) in [7, 11) is 0. The predicted molar refractivity (Wildman–Crippen MR) is 126 cm³/mol. The summed E-state index contributed by atoms with van der Waals surface area (Å²) in [5.41, 5.74) is 3.35. The van der Waals surface area contributed by atoms with Crippen molar-refractivity contribution in [1.82, 2.24) is 19.7 Å². The number of amides is 1. The zero-order chi connectivity index (χ0) is 22.1. The number of thiophene rings is 1. The maximum atomic E-state index is 12.7. The molecule has 0 aliphatic heterocycles. The van der Waals surface area contributed by atoms with Crippen LogP contribution >= 0.6 is 23.1 Å². The molecule has 4 aromatic rings. The number of anilines is 1. The van der Waals surface area contributed by atoms with Crippen LogP contribution in [0.25, 0.3) is 16.7 Å². The molecule has 1 aliphatic carbocycles. The molecule has 1 aromatic carbocycles. The molecule has 0 saturated heterocycles. The Morgan fingerprint density at radius 3 is 3.00 bits per heavy atom. The van der Waals surface area contributed by atoms with E-state index in [4.69, 9.17) is 0 Å². The number of nitriles is 1. The highest BCUT2D eigenvalue weighted by atomic mass is 32.2. The Balaban J connectivity index is 1.32. The van der Waals surface area contributed by atoms with Gasteiger partial charge in [-0.05, 0) is 42.9 Å². The molecular weight excluding hydrogens is 440 g/mol. The van der Waals surface area contributed by atoms with Gasteiger partial charge < -0.3 is 5.32 Å². The van der Waals surface area contributed by atoms with E-state index in [2.05, 4.69) is 33.4 Å². The third-order valence-electron chi connectivity index (χ3n) is 5.55. The van der Waals surface area contributed by atoms with Crippen LogP contribution in [0.1, 0.15) is 29.3 Å². The van der Waals surface area contributed by atoms with E-state index >= 15 is 0 Å². The number of fused-ring (bicyclic) bond motifs is 2. The Kier molecular flexibility index (Phi) is 5.64. The molecule has 32 heavy (non-hydrogen) atoms. The van der Waals surface area contributed by atoms with Crippen molar-refractivity contribution in [2.24, 2.45) is 5.92 Å². The molecule has 1 atom stereocenters. The van der Waals surface area contributed by atoms with Crippen LogP contribution in [0.2, 0.25) is 0 Å². The highest BCUT2D eigenvalue weighted by Crippen LogP contribution is 2.39. The molecule has 3 heterocycles. The molecule has 1 amide bonds. The molecule has 3 aromatic heterocycles. The fraction of sp³-hybridized carbons (Fsp3) is 0.261. The van der Waals surface area contributed by atoms with E-state index in [9.17, 15) is 10.1 Å². The average Bonchev–Trinajstić information content (AvgIpc) is 3.39. The first kappa shape index (κ1) is 20.7. The minimum absolute atomic E-state index is 0.152.